The van der Waals surface area contributed by atoms with Crippen LogP contribution in [0.4, 0.5) is 24.5 Å². The third-order valence-electron chi connectivity index (χ3n) is 4.69. The van der Waals surface area contributed by atoms with E-state index in [1.54, 1.807) is 17.9 Å². The highest BCUT2D eigenvalue weighted by Gasteiger charge is 2.34. The Balaban J connectivity index is 1.78. The van der Waals surface area contributed by atoms with E-state index in [9.17, 15) is 32.9 Å². The molecule has 0 bridgehead atoms. The fourth-order valence-corrected chi connectivity index (χ4v) is 3.17. The molecule has 1 aromatic heterocycles. The van der Waals surface area contributed by atoms with Crippen LogP contribution in [0.3, 0.4) is 0 Å². The molecule has 8 nitrogen and oxygen atoms in total. The Morgan fingerprint density at radius 2 is 1.79 bits per heavy atom. The van der Waals surface area contributed by atoms with E-state index in [1.165, 1.54) is 11.0 Å². The van der Waals surface area contributed by atoms with Crippen molar-refractivity contribution in [3.8, 4) is 0 Å². The number of benzene rings is 1. The second-order valence-corrected chi connectivity index (χ2v) is 6.62. The maximum atomic E-state index is 12.9. The fourth-order valence-electron chi connectivity index (χ4n) is 3.17. The molecule has 0 saturated carbocycles. The minimum absolute atomic E-state index is 0.00967. The van der Waals surface area contributed by atoms with Gasteiger partial charge < -0.3 is 14.8 Å². The average Bonchev–Trinajstić information content (AvgIpc) is 2.66. The van der Waals surface area contributed by atoms with Crippen LogP contribution in [0.5, 0.6) is 0 Å². The topological polar surface area (TPSA) is 99.5 Å². The van der Waals surface area contributed by atoms with Crippen LogP contribution in [0.2, 0.25) is 0 Å². The van der Waals surface area contributed by atoms with Gasteiger partial charge in [0.05, 0.1) is 10.5 Å². The number of hydrogen-bond acceptors (Lipinski definition) is 5. The smallest absolute Gasteiger partial charge is 0.362 e. The maximum Gasteiger partial charge on any atom is 0.416 e. The number of alkyl halides is 3. The summed E-state index contributed by atoms with van der Waals surface area (Å²) in [5, 5.41) is 11.3. The molecule has 0 aliphatic carbocycles. The SMILES string of the molecule is Cc1ccc(C(=O)N2CCN(c3ccc(C(F)(F)F)cc3[N+](=O)[O-])CC2)c(=O)[nH]1. The monoisotopic (exact) mass is 410 g/mol. The van der Waals surface area contributed by atoms with Crippen LogP contribution in [-0.4, -0.2) is 46.9 Å². The molecule has 1 N–H and O–H groups in total. The predicted octanol–water partition coefficient (Wildman–Crippen LogP) is 2.57. The molecular formula is C18H17F3N4O4. The Kier molecular flexibility index (Phi) is 5.31. The zero-order valence-corrected chi connectivity index (χ0v) is 15.3. The van der Waals surface area contributed by atoms with Crippen molar-refractivity contribution in [2.75, 3.05) is 31.1 Å². The number of piperazine rings is 1. The molecule has 1 fully saturated rings. The van der Waals surface area contributed by atoms with E-state index in [1.807, 2.05) is 0 Å². The Labute approximate surface area is 162 Å². The van der Waals surface area contributed by atoms with Crippen molar-refractivity contribution in [2.45, 2.75) is 13.1 Å². The largest absolute Gasteiger partial charge is 0.416 e. The maximum absolute atomic E-state index is 12.9. The van der Waals surface area contributed by atoms with Crippen LogP contribution in [0, 0.1) is 17.0 Å². The summed E-state index contributed by atoms with van der Waals surface area (Å²) in [5.74, 6) is -0.465. The number of nitro benzene ring substituents is 1. The lowest BCUT2D eigenvalue weighted by atomic mass is 10.1. The number of aromatic amines is 1. The van der Waals surface area contributed by atoms with Gasteiger partial charge in [-0.25, -0.2) is 0 Å². The van der Waals surface area contributed by atoms with E-state index < -0.39 is 33.8 Å². The van der Waals surface area contributed by atoms with Gasteiger partial charge in [0.2, 0.25) is 0 Å². The number of aryl methyl sites for hydroxylation is 1. The summed E-state index contributed by atoms with van der Waals surface area (Å²) in [5.41, 5.74) is -1.58. The highest BCUT2D eigenvalue weighted by molar-refractivity contribution is 5.94. The lowest BCUT2D eigenvalue weighted by molar-refractivity contribution is -0.384. The molecular weight excluding hydrogens is 393 g/mol. The molecule has 2 heterocycles. The average molecular weight is 410 g/mol. The quantitative estimate of drug-likeness (QED) is 0.619. The number of H-pyrrole nitrogens is 1. The molecule has 0 unspecified atom stereocenters. The molecule has 3 rings (SSSR count). The number of halogens is 3. The Hall–Kier alpha value is -3.37. The first-order valence-electron chi connectivity index (χ1n) is 8.67. The van der Waals surface area contributed by atoms with E-state index in [0.29, 0.717) is 11.8 Å². The number of rotatable bonds is 3. The van der Waals surface area contributed by atoms with Gasteiger partial charge in [0.15, 0.2) is 0 Å². The summed E-state index contributed by atoms with van der Waals surface area (Å²) in [6.45, 7) is 2.39. The number of aromatic nitrogens is 1. The van der Waals surface area contributed by atoms with Crippen molar-refractivity contribution >= 4 is 17.3 Å². The molecule has 1 aliphatic rings. The van der Waals surface area contributed by atoms with E-state index in [4.69, 9.17) is 0 Å². The van der Waals surface area contributed by atoms with Gasteiger partial charge in [-0.1, -0.05) is 0 Å². The molecule has 1 aromatic carbocycles. The van der Waals surface area contributed by atoms with Gasteiger partial charge in [-0.15, -0.1) is 0 Å². The number of nitrogens with one attached hydrogen (secondary N) is 1. The van der Waals surface area contributed by atoms with Crippen molar-refractivity contribution in [1.82, 2.24) is 9.88 Å². The first-order chi connectivity index (χ1) is 13.6. The number of nitro groups is 1. The Bertz CT molecular complexity index is 1010. The molecule has 1 saturated heterocycles. The Morgan fingerprint density at radius 3 is 2.34 bits per heavy atom. The molecule has 11 heteroatoms. The zero-order valence-electron chi connectivity index (χ0n) is 15.3. The fraction of sp³-hybridized carbons (Fsp3) is 0.333. The van der Waals surface area contributed by atoms with Gasteiger partial charge >= 0.3 is 6.18 Å². The standard InChI is InChI=1S/C18H17F3N4O4/c1-11-2-4-13(16(26)22-11)17(27)24-8-6-23(7-9-24)14-5-3-12(18(19,20)21)10-15(14)25(28)29/h2-5,10H,6-9H2,1H3,(H,22,26). The minimum atomic E-state index is -4.69. The third kappa shape index (κ3) is 4.23. The number of anilines is 1. The minimum Gasteiger partial charge on any atom is -0.362 e. The van der Waals surface area contributed by atoms with Gasteiger partial charge in [0.1, 0.15) is 11.3 Å². The van der Waals surface area contributed by atoms with Gasteiger partial charge in [-0.05, 0) is 31.2 Å². The summed E-state index contributed by atoms with van der Waals surface area (Å²) in [6, 6.07) is 5.42. The van der Waals surface area contributed by atoms with Crippen molar-refractivity contribution in [1.29, 1.82) is 0 Å². The second kappa shape index (κ2) is 7.57. The third-order valence-corrected chi connectivity index (χ3v) is 4.69. The highest BCUT2D eigenvalue weighted by Crippen LogP contribution is 2.36. The summed E-state index contributed by atoms with van der Waals surface area (Å²) in [6.07, 6.45) is -4.69. The van der Waals surface area contributed by atoms with Crippen LogP contribution in [0.15, 0.2) is 35.1 Å². The highest BCUT2D eigenvalue weighted by atomic mass is 19.4. The normalized spacial score (nSPS) is 14.8. The molecule has 0 radical (unpaired) electrons. The molecule has 0 atom stereocenters. The van der Waals surface area contributed by atoms with Gasteiger partial charge in [-0.2, -0.15) is 13.2 Å². The van der Waals surface area contributed by atoms with Crippen molar-refractivity contribution in [2.24, 2.45) is 0 Å². The van der Waals surface area contributed by atoms with Crippen molar-refractivity contribution in [3.63, 3.8) is 0 Å². The summed E-state index contributed by atoms with van der Waals surface area (Å²) in [4.78, 5) is 40.5. The van der Waals surface area contributed by atoms with Gasteiger partial charge in [0, 0.05) is 37.9 Å². The molecule has 1 amide bonds. The molecule has 1 aliphatic heterocycles. The summed E-state index contributed by atoms with van der Waals surface area (Å²) >= 11 is 0. The lowest BCUT2D eigenvalue weighted by Crippen LogP contribution is -2.49. The van der Waals surface area contributed by atoms with Gasteiger partial charge in [0.25, 0.3) is 17.2 Å². The number of carbonyl (C=O) groups excluding carboxylic acids is 1. The van der Waals surface area contributed by atoms with Crippen LogP contribution >= 0.6 is 0 Å². The van der Waals surface area contributed by atoms with E-state index in [0.717, 1.165) is 12.1 Å². The lowest BCUT2D eigenvalue weighted by Gasteiger charge is -2.35. The molecule has 0 spiro atoms. The van der Waals surface area contributed by atoms with Crippen LogP contribution in [-0.2, 0) is 6.18 Å². The van der Waals surface area contributed by atoms with E-state index >= 15 is 0 Å². The number of pyridine rings is 1. The number of hydrogen-bond donors (Lipinski definition) is 1. The first-order valence-corrected chi connectivity index (χ1v) is 8.67. The second-order valence-electron chi connectivity index (χ2n) is 6.62. The number of carbonyl (C=O) groups is 1. The van der Waals surface area contributed by atoms with E-state index in [-0.39, 0.29) is 37.4 Å². The van der Waals surface area contributed by atoms with Crippen molar-refractivity contribution < 1.29 is 22.9 Å². The first kappa shape index (κ1) is 20.4. The summed E-state index contributed by atoms with van der Waals surface area (Å²) in [7, 11) is 0. The predicted molar refractivity (Wildman–Crippen MR) is 98.0 cm³/mol. The van der Waals surface area contributed by atoms with E-state index in [2.05, 4.69) is 4.98 Å². The molecule has 154 valence electrons. The zero-order chi connectivity index (χ0) is 21.3. The number of nitrogens with zero attached hydrogens (tertiary/aromatic N) is 3. The summed E-state index contributed by atoms with van der Waals surface area (Å²) < 4.78 is 38.6. The van der Waals surface area contributed by atoms with Crippen LogP contribution in [0.25, 0.3) is 0 Å². The molecule has 29 heavy (non-hydrogen) atoms. The van der Waals surface area contributed by atoms with Crippen LogP contribution < -0.4 is 10.5 Å². The van der Waals surface area contributed by atoms with Gasteiger partial charge in [-0.3, -0.25) is 19.7 Å². The Morgan fingerprint density at radius 1 is 1.14 bits per heavy atom. The molecule has 2 aromatic rings. The van der Waals surface area contributed by atoms with Crippen molar-refractivity contribution in [3.05, 3.63) is 67.6 Å². The number of amides is 1. The van der Waals surface area contributed by atoms with Crippen LogP contribution in [0.1, 0.15) is 21.6 Å².